The molecule has 606 valence electrons. The Hall–Kier alpha value is -11.7. The molecule has 8 aromatic carbocycles. The van der Waals surface area contributed by atoms with E-state index in [2.05, 4.69) is 130 Å². The molecule has 0 atom stereocenters. The minimum absolute atomic E-state index is 0.102. The number of aromatic amines is 1. The van der Waals surface area contributed by atoms with Crippen molar-refractivity contribution in [1.82, 2.24) is 39.7 Å². The molecule has 3 aromatic heterocycles. The number of carbonyl (C=O) groups excluding carboxylic acids is 2. The molecular weight excluding hydrogens is 1590 g/mol. The largest absolute Gasteiger partial charge is 0.469 e. The number of hydrogen-bond donors (Lipinski definition) is 5. The van der Waals surface area contributed by atoms with Crippen LogP contribution in [0.15, 0.2) is 205 Å². The lowest BCUT2D eigenvalue weighted by Crippen LogP contribution is -2.31. The third-order valence-corrected chi connectivity index (χ3v) is 20.9. The molecule has 8 N–H and O–H groups in total. The van der Waals surface area contributed by atoms with E-state index in [-0.39, 0.29) is 11.5 Å². The Balaban J connectivity index is 0.000000144. The second-order valence-corrected chi connectivity index (χ2v) is 36.0. The van der Waals surface area contributed by atoms with Gasteiger partial charge in [0.25, 0.3) is 11.5 Å². The average molecular weight is 1690 g/mol. The molecule has 1 amide bonds. The van der Waals surface area contributed by atoms with Crippen LogP contribution in [0.4, 0.5) is 28.6 Å². The minimum Gasteiger partial charge on any atom is -0.469 e. The van der Waals surface area contributed by atoms with E-state index in [0.717, 1.165) is 140 Å². The molecule has 4 aliphatic carbocycles. The van der Waals surface area contributed by atoms with E-state index in [1.807, 2.05) is 127 Å². The number of fused-ring (bicyclic) bond motifs is 10. The maximum atomic E-state index is 12.5. The normalized spacial score (nSPS) is 13.4. The number of allylic oxidation sites excluding steroid dienone is 1. The van der Waals surface area contributed by atoms with Gasteiger partial charge in [0.05, 0.1) is 68.0 Å². The molecule has 2 saturated heterocycles. The lowest BCUT2D eigenvalue weighted by Gasteiger charge is -2.26. The van der Waals surface area contributed by atoms with Gasteiger partial charge < -0.3 is 42.0 Å². The summed E-state index contributed by atoms with van der Waals surface area (Å²) in [5.74, 6) is 2.50. The standard InChI is InChI=1S/C27H29N5.C19H12ClN3.C19H13N3O.C11H9N3O.C9H10O2.C8H18N2.Cl3OP/c1-28-22-11-12-23-21(18-22)19-24-26(23)27(29-13-8-16-32-14-6-3-7-15-32)31-25(30-24)17-20-9-4-2-5-10-20;1-21-14-7-8-15-13(10-14)11-16-18(15)19(20)23-17(22-16)9-12-5-3-2-4-6-12;1-20-14-7-8-15-13(10-14)11-16-18(15)19(23)22-17(21-16)9-12-5-3-2-4-6-12;1-14-7-2-3-8-6(4-7)5-9(12)10(8)11(13)15;1-11-9(10)7-8-5-3-2-4-6-8;9-5-4-8-10-6-2-1-3-7-10;1-5(2,3)4/h2,4-5,9-12,18H,3,6-8,13-17,19H2,(H,29,30,31);2-8,10H,9,11H2;2-8,10H,9,11H2,(H,21,22,23);2-4H,5,12H2,(H2,13,15);2-6H,7H2,1H3;1-9H2;. The number of nitrogens with one attached hydrogen (secondary N) is 2. The molecule has 0 unspecified atom stereocenters. The van der Waals surface area contributed by atoms with Gasteiger partial charge in [-0.15, -0.1) is 0 Å². The number of nitrogens with two attached hydrogens (primary N) is 3. The third-order valence-electron chi connectivity index (χ3n) is 20.6. The lowest BCUT2D eigenvalue weighted by atomic mass is 10.0. The van der Waals surface area contributed by atoms with Crippen molar-refractivity contribution >= 4 is 96.5 Å². The summed E-state index contributed by atoms with van der Waals surface area (Å²) in [6.45, 7) is 37.7. The molecular formula is C93H91Cl4N16O5P. The number of likely N-dealkylation sites (tertiary alicyclic amines) is 2. The summed E-state index contributed by atoms with van der Waals surface area (Å²) in [6.07, 6.45) is 15.5. The van der Waals surface area contributed by atoms with Crippen LogP contribution in [0.5, 0.6) is 0 Å². The van der Waals surface area contributed by atoms with Crippen molar-refractivity contribution in [2.75, 3.05) is 64.8 Å². The summed E-state index contributed by atoms with van der Waals surface area (Å²) < 4.78 is 14.0. The van der Waals surface area contributed by atoms with Crippen LogP contribution in [0, 0.1) is 26.3 Å². The van der Waals surface area contributed by atoms with E-state index in [1.54, 1.807) is 24.3 Å². The molecule has 11 aromatic rings. The van der Waals surface area contributed by atoms with Crippen molar-refractivity contribution in [1.29, 1.82) is 0 Å². The molecule has 6 aliphatic rings. The molecule has 2 aliphatic heterocycles. The van der Waals surface area contributed by atoms with Crippen LogP contribution in [0.3, 0.4) is 0 Å². The smallest absolute Gasteiger partial charge is 0.339 e. The van der Waals surface area contributed by atoms with Gasteiger partial charge in [-0.25, -0.2) is 44.3 Å². The van der Waals surface area contributed by atoms with Crippen molar-refractivity contribution < 1.29 is 18.9 Å². The predicted molar refractivity (Wildman–Crippen MR) is 477 cm³/mol. The summed E-state index contributed by atoms with van der Waals surface area (Å²) >= 11 is 20.3. The van der Waals surface area contributed by atoms with Crippen LogP contribution in [0.1, 0.15) is 136 Å². The number of hydrogen-bond acceptors (Lipinski definition) is 15. The third kappa shape index (κ3) is 25.4. The molecule has 17 rings (SSSR count). The maximum Gasteiger partial charge on any atom is 0.339 e. The Morgan fingerprint density at radius 2 is 0.908 bits per heavy atom. The Morgan fingerprint density at radius 1 is 0.513 bits per heavy atom. The van der Waals surface area contributed by atoms with E-state index >= 15 is 0 Å². The molecule has 2 fully saturated rings. The van der Waals surface area contributed by atoms with Gasteiger partial charge in [-0.05, 0) is 185 Å². The first kappa shape index (κ1) is 88.1. The number of esters is 1. The van der Waals surface area contributed by atoms with Gasteiger partial charge >= 0.3 is 11.2 Å². The number of aromatic nitrogens is 6. The second-order valence-electron chi connectivity index (χ2n) is 29.0. The molecule has 26 heteroatoms. The van der Waals surface area contributed by atoms with E-state index in [9.17, 15) is 18.9 Å². The average Bonchev–Trinajstić information content (AvgIpc) is 1.63. The number of ether oxygens (including phenoxy) is 1. The summed E-state index contributed by atoms with van der Waals surface area (Å²) in [4.78, 5) is 80.0. The molecule has 0 radical (unpaired) electrons. The summed E-state index contributed by atoms with van der Waals surface area (Å²) in [7, 11) is 1.39. The SMILES string of the molecule is COC(=O)Cc1ccccc1.NCCCN1CCCCC1.O=P(Cl)(Cl)Cl.[C-]#[N+]c1ccc2c(c1)CC(N)=C2C(N)=O.[C-]#[N+]c1ccc2c(c1)Cc1nc(Cc3ccccc3)[nH]c(=O)c1-2.[C-]#[N+]c1ccc2c(c1)Cc1nc(Cc3ccccc3)nc(Cl)c1-2.[C-]#[N+]c1ccc2c(c1)Cc1nc(Cc3ccccc3)nc(NCCCN3CCCCC3)c1-2. The highest BCUT2D eigenvalue weighted by Crippen LogP contribution is 2.61. The van der Waals surface area contributed by atoms with Crippen molar-refractivity contribution in [3.05, 3.63) is 346 Å². The van der Waals surface area contributed by atoms with Crippen LogP contribution in [-0.2, 0) is 70.3 Å². The Bertz CT molecular complexity index is 5710. The van der Waals surface area contributed by atoms with E-state index in [1.165, 1.54) is 95.9 Å². The van der Waals surface area contributed by atoms with Crippen LogP contribution in [-0.4, -0.2) is 111 Å². The number of primary amides is 1. The van der Waals surface area contributed by atoms with Crippen LogP contribution in [0.25, 0.3) is 58.3 Å². The molecule has 5 heterocycles. The zero-order valence-corrected chi connectivity index (χ0v) is 70.0. The van der Waals surface area contributed by atoms with Crippen LogP contribution >= 0.6 is 50.5 Å². The fraction of sp³-hybridized carbons (Fsp3) is 0.269. The number of amides is 1. The zero-order chi connectivity index (χ0) is 84.2. The van der Waals surface area contributed by atoms with Gasteiger partial charge in [-0.2, -0.15) is 0 Å². The van der Waals surface area contributed by atoms with Crippen LogP contribution in [0.2, 0.25) is 5.15 Å². The number of piperidine rings is 2. The van der Waals surface area contributed by atoms with Gasteiger partial charge in [0.2, 0.25) is 0 Å². The van der Waals surface area contributed by atoms with E-state index < -0.39 is 11.1 Å². The zero-order valence-electron chi connectivity index (χ0n) is 66.1. The maximum absolute atomic E-state index is 12.5. The number of methoxy groups -OCH3 is 1. The van der Waals surface area contributed by atoms with Crippen molar-refractivity contribution in [3.8, 4) is 33.4 Å². The van der Waals surface area contributed by atoms with Crippen molar-refractivity contribution in [2.45, 2.75) is 103 Å². The molecule has 0 saturated carbocycles. The molecule has 119 heavy (non-hydrogen) atoms. The molecule has 0 spiro atoms. The summed E-state index contributed by atoms with van der Waals surface area (Å²) in [5, 5.41) is 0.915. The van der Waals surface area contributed by atoms with Gasteiger partial charge in [0.15, 0.2) is 22.7 Å². The first-order chi connectivity index (χ1) is 57.7. The second kappa shape index (κ2) is 43.7. The summed E-state index contributed by atoms with van der Waals surface area (Å²) in [6, 6.07) is 62.2. The number of halogens is 4. The number of rotatable bonds is 17. The fourth-order valence-corrected chi connectivity index (χ4v) is 15.4. The highest BCUT2D eigenvalue weighted by Gasteiger charge is 2.29. The van der Waals surface area contributed by atoms with Gasteiger partial charge in [0, 0.05) is 68.3 Å². The van der Waals surface area contributed by atoms with Crippen LogP contribution < -0.4 is 28.1 Å². The number of nitrogens with zero attached hydrogens (tertiary/aromatic N) is 11. The lowest BCUT2D eigenvalue weighted by molar-refractivity contribution is -0.139. The van der Waals surface area contributed by atoms with Crippen molar-refractivity contribution in [2.24, 2.45) is 17.2 Å². The van der Waals surface area contributed by atoms with Gasteiger partial charge in [-0.3, -0.25) is 18.9 Å². The van der Waals surface area contributed by atoms with E-state index in [4.69, 9.17) is 70.0 Å². The topological polar surface area (TPSA) is 272 Å². The minimum atomic E-state index is -3.22. The Morgan fingerprint density at radius 3 is 1.35 bits per heavy atom. The molecule has 0 bridgehead atoms. The van der Waals surface area contributed by atoms with Crippen molar-refractivity contribution in [3.63, 3.8) is 0 Å². The Kier molecular flexibility index (Phi) is 32.3. The van der Waals surface area contributed by atoms with Gasteiger partial charge in [0.1, 0.15) is 28.4 Å². The monoisotopic (exact) mass is 1680 g/mol. The predicted octanol–water partition coefficient (Wildman–Crippen LogP) is 19.8. The fourth-order valence-electron chi connectivity index (χ4n) is 15.1. The van der Waals surface area contributed by atoms with E-state index in [0.29, 0.717) is 89.1 Å². The number of benzene rings is 8. The first-order valence-electron chi connectivity index (χ1n) is 39.4. The molecule has 21 nitrogen and oxygen atoms in total. The number of carbonyl (C=O) groups is 2. The Labute approximate surface area is 714 Å². The highest BCUT2D eigenvalue weighted by atomic mass is 36.0. The quantitative estimate of drug-likeness (QED) is 0.0186. The first-order valence-corrected chi connectivity index (χ1v) is 44.2. The number of H-pyrrole nitrogens is 1. The summed E-state index contributed by atoms with van der Waals surface area (Å²) in [5.41, 5.74) is 37.6. The van der Waals surface area contributed by atoms with Gasteiger partial charge in [-0.1, -0.05) is 219 Å². The number of anilines is 1. The highest BCUT2D eigenvalue weighted by molar-refractivity contribution is 8.24.